The number of aromatic nitrogens is 1. The van der Waals surface area contributed by atoms with Gasteiger partial charge in [-0.2, -0.15) is 13.2 Å². The van der Waals surface area contributed by atoms with Crippen LogP contribution in [0.5, 0.6) is 0 Å². The molecule has 2 heterocycles. The molecule has 7 heteroatoms. The first-order chi connectivity index (χ1) is 12.0. The minimum absolute atomic E-state index is 0.251. The molecule has 1 saturated heterocycles. The van der Waals surface area contributed by atoms with Crippen LogP contribution in [-0.4, -0.2) is 36.1 Å². The number of nitrogens with one attached hydrogen (secondary N) is 1. The SMILES string of the molecule is FC(F)(F)c1ccccc1CSc1ncccc1CN1CCNCC1. The van der Waals surface area contributed by atoms with Crippen molar-refractivity contribution in [3.05, 3.63) is 59.3 Å². The molecule has 1 aliphatic rings. The molecular formula is C18H20F3N3S. The summed E-state index contributed by atoms with van der Waals surface area (Å²) in [5, 5.41) is 4.12. The predicted molar refractivity (Wildman–Crippen MR) is 93.4 cm³/mol. The van der Waals surface area contributed by atoms with Crippen LogP contribution in [0.15, 0.2) is 47.6 Å². The zero-order chi connectivity index (χ0) is 17.7. The summed E-state index contributed by atoms with van der Waals surface area (Å²) in [7, 11) is 0. The van der Waals surface area contributed by atoms with Crippen LogP contribution in [0.2, 0.25) is 0 Å². The van der Waals surface area contributed by atoms with Gasteiger partial charge in [0.05, 0.1) is 5.56 Å². The fraction of sp³-hybridized carbons (Fsp3) is 0.389. The summed E-state index contributed by atoms with van der Waals surface area (Å²) >= 11 is 1.37. The molecule has 3 rings (SSSR count). The smallest absolute Gasteiger partial charge is 0.314 e. The van der Waals surface area contributed by atoms with E-state index in [0.29, 0.717) is 5.56 Å². The number of hydrogen-bond donors (Lipinski definition) is 1. The molecule has 0 radical (unpaired) electrons. The van der Waals surface area contributed by atoms with Crippen LogP contribution in [0.3, 0.4) is 0 Å². The minimum atomic E-state index is -4.33. The molecule has 134 valence electrons. The highest BCUT2D eigenvalue weighted by Crippen LogP contribution is 2.35. The standard InChI is InChI=1S/C18H20F3N3S/c19-18(20,21)16-6-2-1-4-15(16)13-25-17-14(5-3-7-23-17)12-24-10-8-22-9-11-24/h1-7,22H,8-13H2. The molecule has 0 amide bonds. The lowest BCUT2D eigenvalue weighted by Crippen LogP contribution is -2.42. The molecule has 1 aromatic carbocycles. The third-order valence-corrected chi connectivity index (χ3v) is 5.24. The number of piperazine rings is 1. The van der Waals surface area contributed by atoms with Gasteiger partial charge >= 0.3 is 6.18 Å². The van der Waals surface area contributed by atoms with Crippen LogP contribution in [0.25, 0.3) is 0 Å². The summed E-state index contributed by atoms with van der Waals surface area (Å²) in [4.78, 5) is 6.73. The normalized spacial score (nSPS) is 16.1. The van der Waals surface area contributed by atoms with E-state index in [-0.39, 0.29) is 5.75 Å². The Kier molecular flexibility index (Phi) is 5.98. The van der Waals surface area contributed by atoms with E-state index in [1.165, 1.54) is 23.9 Å². The molecule has 0 bridgehead atoms. The topological polar surface area (TPSA) is 28.2 Å². The Morgan fingerprint density at radius 2 is 1.76 bits per heavy atom. The van der Waals surface area contributed by atoms with Crippen LogP contribution < -0.4 is 5.32 Å². The Balaban J connectivity index is 1.72. The van der Waals surface area contributed by atoms with Gasteiger partial charge in [-0.1, -0.05) is 24.3 Å². The summed E-state index contributed by atoms with van der Waals surface area (Å²) < 4.78 is 39.4. The second kappa shape index (κ2) is 8.21. The first kappa shape index (κ1) is 18.2. The van der Waals surface area contributed by atoms with Crippen LogP contribution in [0.4, 0.5) is 13.2 Å². The van der Waals surface area contributed by atoms with Gasteiger partial charge in [0.15, 0.2) is 0 Å². The molecule has 2 aromatic rings. The Morgan fingerprint density at radius 3 is 2.52 bits per heavy atom. The first-order valence-electron chi connectivity index (χ1n) is 8.19. The van der Waals surface area contributed by atoms with Crippen molar-refractivity contribution in [3.63, 3.8) is 0 Å². The van der Waals surface area contributed by atoms with Gasteiger partial charge in [-0.25, -0.2) is 4.98 Å². The van der Waals surface area contributed by atoms with Crippen LogP contribution in [0, 0.1) is 0 Å². The highest BCUT2D eigenvalue weighted by atomic mass is 32.2. The number of thioether (sulfide) groups is 1. The minimum Gasteiger partial charge on any atom is -0.314 e. The third-order valence-electron chi connectivity index (χ3n) is 4.14. The lowest BCUT2D eigenvalue weighted by atomic mass is 10.1. The summed E-state index contributed by atoms with van der Waals surface area (Å²) in [6, 6.07) is 9.63. The van der Waals surface area contributed by atoms with Crippen molar-refractivity contribution in [2.45, 2.75) is 23.5 Å². The molecular weight excluding hydrogens is 347 g/mol. The van der Waals surface area contributed by atoms with E-state index in [4.69, 9.17) is 0 Å². The zero-order valence-electron chi connectivity index (χ0n) is 13.7. The summed E-state index contributed by atoms with van der Waals surface area (Å²) in [6.07, 6.45) is -2.63. The third kappa shape index (κ3) is 4.96. The second-order valence-corrected chi connectivity index (χ2v) is 6.90. The van der Waals surface area contributed by atoms with Gasteiger partial charge in [0.25, 0.3) is 0 Å². The Hall–Kier alpha value is -1.57. The van der Waals surface area contributed by atoms with Crippen LogP contribution in [0.1, 0.15) is 16.7 Å². The van der Waals surface area contributed by atoms with Gasteiger partial charge in [0, 0.05) is 44.7 Å². The molecule has 0 aliphatic carbocycles. The fourth-order valence-electron chi connectivity index (χ4n) is 2.85. The van der Waals surface area contributed by atoms with Crippen molar-refractivity contribution in [2.75, 3.05) is 26.2 Å². The van der Waals surface area contributed by atoms with Crippen molar-refractivity contribution in [3.8, 4) is 0 Å². The number of benzene rings is 1. The van der Waals surface area contributed by atoms with E-state index in [0.717, 1.165) is 49.4 Å². The zero-order valence-corrected chi connectivity index (χ0v) is 14.5. The maximum Gasteiger partial charge on any atom is 0.416 e. The summed E-state index contributed by atoms with van der Waals surface area (Å²) in [5.41, 5.74) is 0.791. The van der Waals surface area contributed by atoms with E-state index < -0.39 is 11.7 Å². The molecule has 1 fully saturated rings. The molecule has 1 aromatic heterocycles. The summed E-state index contributed by atoms with van der Waals surface area (Å²) in [6.45, 7) is 4.63. The van der Waals surface area contributed by atoms with Crippen molar-refractivity contribution >= 4 is 11.8 Å². The van der Waals surface area contributed by atoms with E-state index in [2.05, 4.69) is 15.2 Å². The van der Waals surface area contributed by atoms with E-state index in [1.54, 1.807) is 12.3 Å². The Morgan fingerprint density at radius 1 is 1.04 bits per heavy atom. The number of alkyl halides is 3. The lowest BCUT2D eigenvalue weighted by Gasteiger charge is -2.27. The number of nitrogens with zero attached hydrogens (tertiary/aromatic N) is 2. The monoisotopic (exact) mass is 367 g/mol. The summed E-state index contributed by atoms with van der Waals surface area (Å²) in [5.74, 6) is 0.251. The molecule has 0 saturated carbocycles. The number of pyridine rings is 1. The largest absolute Gasteiger partial charge is 0.416 e. The number of rotatable bonds is 5. The Labute approximate surface area is 149 Å². The molecule has 25 heavy (non-hydrogen) atoms. The van der Waals surface area contributed by atoms with Crippen molar-refractivity contribution in [2.24, 2.45) is 0 Å². The van der Waals surface area contributed by atoms with Gasteiger partial charge < -0.3 is 5.32 Å². The first-order valence-corrected chi connectivity index (χ1v) is 9.17. The molecule has 0 spiro atoms. The molecule has 1 aliphatic heterocycles. The van der Waals surface area contributed by atoms with E-state index >= 15 is 0 Å². The van der Waals surface area contributed by atoms with Gasteiger partial charge in [-0.15, -0.1) is 11.8 Å². The average molecular weight is 367 g/mol. The number of hydrogen-bond acceptors (Lipinski definition) is 4. The van der Waals surface area contributed by atoms with Crippen molar-refractivity contribution in [1.29, 1.82) is 0 Å². The Bertz CT molecular complexity index is 700. The van der Waals surface area contributed by atoms with Gasteiger partial charge in [-0.3, -0.25) is 4.90 Å². The van der Waals surface area contributed by atoms with Crippen LogP contribution in [-0.2, 0) is 18.5 Å². The second-order valence-electron chi connectivity index (χ2n) is 5.94. The molecule has 0 atom stereocenters. The van der Waals surface area contributed by atoms with Crippen LogP contribution >= 0.6 is 11.8 Å². The lowest BCUT2D eigenvalue weighted by molar-refractivity contribution is -0.138. The fourth-order valence-corrected chi connectivity index (χ4v) is 3.85. The maximum absolute atomic E-state index is 13.1. The van der Waals surface area contributed by atoms with E-state index in [9.17, 15) is 13.2 Å². The van der Waals surface area contributed by atoms with Crippen molar-refractivity contribution in [1.82, 2.24) is 15.2 Å². The highest BCUT2D eigenvalue weighted by Gasteiger charge is 2.32. The van der Waals surface area contributed by atoms with E-state index in [1.807, 2.05) is 12.1 Å². The average Bonchev–Trinajstić information content (AvgIpc) is 2.61. The van der Waals surface area contributed by atoms with Gasteiger partial charge in [0.2, 0.25) is 0 Å². The molecule has 0 unspecified atom stereocenters. The number of halogens is 3. The maximum atomic E-state index is 13.1. The highest BCUT2D eigenvalue weighted by molar-refractivity contribution is 7.98. The molecule has 1 N–H and O–H groups in total. The molecule has 3 nitrogen and oxygen atoms in total. The quantitative estimate of drug-likeness (QED) is 0.814. The van der Waals surface area contributed by atoms with Crippen molar-refractivity contribution < 1.29 is 13.2 Å². The van der Waals surface area contributed by atoms with Gasteiger partial charge in [-0.05, 0) is 23.3 Å². The van der Waals surface area contributed by atoms with Gasteiger partial charge in [0.1, 0.15) is 5.03 Å². The predicted octanol–water partition coefficient (Wildman–Crippen LogP) is 3.80.